The lowest BCUT2D eigenvalue weighted by Gasteiger charge is -2.46. The monoisotopic (exact) mass is 531 g/mol. The van der Waals surface area contributed by atoms with Gasteiger partial charge >= 0.3 is 0 Å². The van der Waals surface area contributed by atoms with Crippen molar-refractivity contribution < 1.29 is 5.11 Å². The Hall–Kier alpha value is -2.42. The predicted molar refractivity (Wildman–Crippen MR) is 156 cm³/mol. The summed E-state index contributed by atoms with van der Waals surface area (Å²) in [6.45, 7) is 9.80. The minimum atomic E-state index is 0.247. The molecule has 4 aliphatic heterocycles. The van der Waals surface area contributed by atoms with E-state index in [0.717, 1.165) is 54.4 Å². The van der Waals surface area contributed by atoms with Gasteiger partial charge in [-0.05, 0) is 102 Å². The number of nitrogens with zero attached hydrogens (tertiary/aromatic N) is 6. The topological polar surface area (TPSA) is 71.0 Å². The number of fused-ring (bicyclic) bond motifs is 3. The molecule has 8 nitrogen and oxygen atoms in total. The molecule has 1 aromatic heterocycles. The summed E-state index contributed by atoms with van der Waals surface area (Å²) in [5, 5.41) is 22.8. The molecule has 0 bridgehead atoms. The van der Waals surface area contributed by atoms with Crippen molar-refractivity contribution in [1.29, 1.82) is 0 Å². The molecule has 7 rings (SSSR count). The summed E-state index contributed by atoms with van der Waals surface area (Å²) in [5.41, 5.74) is 2.57. The fourth-order valence-electron chi connectivity index (χ4n) is 8.03. The molecule has 5 heterocycles. The van der Waals surface area contributed by atoms with E-state index >= 15 is 0 Å². The van der Waals surface area contributed by atoms with Crippen molar-refractivity contribution in [2.24, 2.45) is 5.92 Å². The van der Waals surface area contributed by atoms with E-state index in [9.17, 15) is 5.11 Å². The van der Waals surface area contributed by atoms with Crippen LogP contribution in [0.25, 0.3) is 11.3 Å². The van der Waals surface area contributed by atoms with Crippen molar-refractivity contribution in [3.63, 3.8) is 0 Å². The maximum atomic E-state index is 10.3. The molecular formula is C31H45N7O. The normalized spacial score (nSPS) is 29.1. The summed E-state index contributed by atoms with van der Waals surface area (Å²) in [6, 6.07) is 11.0. The second kappa shape index (κ2) is 11.2. The Kier molecular flexibility index (Phi) is 7.35. The third kappa shape index (κ3) is 5.35. The van der Waals surface area contributed by atoms with Gasteiger partial charge in [0.2, 0.25) is 0 Å². The van der Waals surface area contributed by atoms with Crippen molar-refractivity contribution >= 4 is 11.5 Å². The summed E-state index contributed by atoms with van der Waals surface area (Å²) in [7, 11) is 0. The lowest BCUT2D eigenvalue weighted by Crippen LogP contribution is -2.57. The minimum absolute atomic E-state index is 0.247. The summed E-state index contributed by atoms with van der Waals surface area (Å²) in [6.07, 6.45) is 12.7. The highest BCUT2D eigenvalue weighted by molar-refractivity contribution is 5.78. The van der Waals surface area contributed by atoms with Gasteiger partial charge in [0.15, 0.2) is 5.82 Å². The maximum absolute atomic E-state index is 10.3. The predicted octanol–water partition coefficient (Wildman–Crippen LogP) is 4.23. The van der Waals surface area contributed by atoms with Gasteiger partial charge in [0, 0.05) is 43.8 Å². The quantitative estimate of drug-likeness (QED) is 0.594. The molecule has 1 atom stereocenters. The summed E-state index contributed by atoms with van der Waals surface area (Å²) >= 11 is 0. The Balaban J connectivity index is 0.896. The van der Waals surface area contributed by atoms with Gasteiger partial charge in [0.1, 0.15) is 11.9 Å². The van der Waals surface area contributed by atoms with Gasteiger partial charge in [-0.1, -0.05) is 18.6 Å². The van der Waals surface area contributed by atoms with Crippen LogP contribution in [0.2, 0.25) is 0 Å². The number of hydrogen-bond donors (Lipinski definition) is 2. The minimum Gasteiger partial charge on any atom is -0.507 e. The van der Waals surface area contributed by atoms with E-state index in [-0.39, 0.29) is 11.9 Å². The van der Waals surface area contributed by atoms with Crippen molar-refractivity contribution in [2.75, 3.05) is 62.6 Å². The number of aromatic nitrogens is 2. The van der Waals surface area contributed by atoms with Gasteiger partial charge in [-0.2, -0.15) is 0 Å². The second-order valence-corrected chi connectivity index (χ2v) is 12.6. The van der Waals surface area contributed by atoms with Crippen LogP contribution in [0.5, 0.6) is 5.75 Å². The number of phenolic OH excluding ortho intramolecular Hbond substituents is 1. The number of rotatable bonds is 5. The van der Waals surface area contributed by atoms with Crippen LogP contribution < -0.4 is 10.2 Å². The SMILES string of the molecule is Oc1ccccc1-c1cc2c(nn1)N[C@H]1CN(C3CCC(N4CCC(CN5CCCCC5)CC4)CC3)CCN21. The summed E-state index contributed by atoms with van der Waals surface area (Å²) < 4.78 is 0. The average Bonchev–Trinajstić information content (AvgIpc) is 3.36. The molecule has 2 aromatic rings. The fraction of sp³-hybridized carbons (Fsp3) is 0.677. The second-order valence-electron chi connectivity index (χ2n) is 12.6. The van der Waals surface area contributed by atoms with E-state index in [0.29, 0.717) is 6.04 Å². The molecule has 1 saturated carbocycles. The smallest absolute Gasteiger partial charge is 0.174 e. The number of phenols is 1. The van der Waals surface area contributed by atoms with Gasteiger partial charge in [-0.15, -0.1) is 10.2 Å². The lowest BCUT2D eigenvalue weighted by atomic mass is 9.86. The molecule has 0 unspecified atom stereocenters. The first kappa shape index (κ1) is 25.5. The van der Waals surface area contributed by atoms with Crippen LogP contribution in [0.3, 0.4) is 0 Å². The van der Waals surface area contributed by atoms with E-state index < -0.39 is 0 Å². The van der Waals surface area contributed by atoms with Gasteiger partial charge < -0.3 is 25.1 Å². The van der Waals surface area contributed by atoms with Crippen molar-refractivity contribution in [3.8, 4) is 17.0 Å². The Bertz CT molecular complexity index is 1120. The number of benzene rings is 1. The zero-order chi connectivity index (χ0) is 26.2. The van der Waals surface area contributed by atoms with Crippen molar-refractivity contribution in [2.45, 2.75) is 76.0 Å². The van der Waals surface area contributed by atoms with Crippen LogP contribution in [0.4, 0.5) is 11.5 Å². The lowest BCUT2D eigenvalue weighted by molar-refractivity contribution is 0.0584. The van der Waals surface area contributed by atoms with Gasteiger partial charge in [-0.25, -0.2) is 0 Å². The first-order chi connectivity index (χ1) is 19.2. The molecule has 2 N–H and O–H groups in total. The van der Waals surface area contributed by atoms with E-state index in [1.54, 1.807) is 6.07 Å². The highest BCUT2D eigenvalue weighted by Crippen LogP contribution is 2.39. The Morgan fingerprint density at radius 1 is 0.795 bits per heavy atom. The number of likely N-dealkylation sites (tertiary alicyclic amines) is 2. The first-order valence-electron chi connectivity index (χ1n) is 15.6. The number of aromatic hydroxyl groups is 1. The van der Waals surface area contributed by atoms with E-state index in [4.69, 9.17) is 0 Å². The van der Waals surface area contributed by atoms with Crippen LogP contribution in [-0.2, 0) is 0 Å². The summed E-state index contributed by atoms with van der Waals surface area (Å²) in [5.74, 6) is 2.04. The summed E-state index contributed by atoms with van der Waals surface area (Å²) in [4.78, 5) is 10.8. The highest BCUT2D eigenvalue weighted by Gasteiger charge is 2.39. The van der Waals surface area contributed by atoms with Gasteiger partial charge in [-0.3, -0.25) is 4.90 Å². The Morgan fingerprint density at radius 3 is 2.31 bits per heavy atom. The molecule has 5 aliphatic rings. The largest absolute Gasteiger partial charge is 0.507 e. The number of nitrogens with one attached hydrogen (secondary N) is 1. The van der Waals surface area contributed by atoms with Crippen molar-refractivity contribution in [1.82, 2.24) is 24.9 Å². The zero-order valence-corrected chi connectivity index (χ0v) is 23.3. The molecule has 0 spiro atoms. The molecule has 8 heteroatoms. The average molecular weight is 532 g/mol. The van der Waals surface area contributed by atoms with E-state index in [1.165, 1.54) is 90.5 Å². The van der Waals surface area contributed by atoms with E-state index in [1.807, 2.05) is 18.2 Å². The molecule has 3 saturated heterocycles. The fourth-order valence-corrected chi connectivity index (χ4v) is 8.03. The number of para-hydroxylation sites is 1. The van der Waals surface area contributed by atoms with Crippen LogP contribution >= 0.6 is 0 Å². The Labute approximate surface area is 233 Å². The Morgan fingerprint density at radius 2 is 1.54 bits per heavy atom. The van der Waals surface area contributed by atoms with Crippen LogP contribution in [-0.4, -0.2) is 101 Å². The molecule has 0 radical (unpaired) electrons. The maximum Gasteiger partial charge on any atom is 0.174 e. The molecule has 39 heavy (non-hydrogen) atoms. The number of piperazine rings is 1. The zero-order valence-electron chi connectivity index (χ0n) is 23.3. The van der Waals surface area contributed by atoms with Crippen LogP contribution in [0, 0.1) is 5.92 Å². The highest BCUT2D eigenvalue weighted by atomic mass is 16.3. The third-order valence-electron chi connectivity index (χ3n) is 10.3. The number of hydrogen-bond acceptors (Lipinski definition) is 8. The van der Waals surface area contributed by atoms with E-state index in [2.05, 4.69) is 41.2 Å². The number of anilines is 2. The van der Waals surface area contributed by atoms with Crippen LogP contribution in [0.15, 0.2) is 30.3 Å². The van der Waals surface area contributed by atoms with Gasteiger partial charge in [0.05, 0.1) is 11.4 Å². The van der Waals surface area contributed by atoms with Crippen LogP contribution in [0.1, 0.15) is 57.8 Å². The molecular weight excluding hydrogens is 486 g/mol. The standard InChI is InChI=1S/C31H45N7O/c39-29-7-3-2-6-26(29)27-20-28-31(34-33-27)32-30-22-37(18-19-38(28)30)25-10-8-24(9-11-25)36-16-12-23(13-17-36)21-35-14-4-1-5-15-35/h2-3,6-7,20,23-25,30,39H,1,4-5,8-19,21-22H2,(H,32,34)/t24?,25?,30-/m1/s1. The molecule has 0 amide bonds. The molecule has 1 aliphatic carbocycles. The molecule has 4 fully saturated rings. The van der Waals surface area contributed by atoms with Gasteiger partial charge in [0.25, 0.3) is 0 Å². The van der Waals surface area contributed by atoms with Crippen molar-refractivity contribution in [3.05, 3.63) is 30.3 Å². The first-order valence-corrected chi connectivity index (χ1v) is 15.6. The molecule has 1 aromatic carbocycles. The number of piperidine rings is 2. The third-order valence-corrected chi connectivity index (χ3v) is 10.3. The molecule has 210 valence electrons.